The number of guanidine groups is 1. The Hall–Kier alpha value is -0.810. The number of hydrogen-bond donors (Lipinski definition) is 2. The number of fused-ring (bicyclic) bond motifs is 1. The molecule has 0 aromatic carbocycles. The zero-order chi connectivity index (χ0) is 17.8. The van der Waals surface area contributed by atoms with E-state index in [0.717, 1.165) is 32.0 Å². The van der Waals surface area contributed by atoms with Crippen LogP contribution in [0.4, 0.5) is 0 Å². The van der Waals surface area contributed by atoms with E-state index in [1.807, 2.05) is 7.11 Å². The summed E-state index contributed by atoms with van der Waals surface area (Å²) in [6.07, 6.45) is 2.56. The second kappa shape index (κ2) is 5.87. The SMILES string of the molecule is CCN=C(NC1C2CCOC2C1(C)C)NC1CC(C)(OC)C1(C)C. The highest BCUT2D eigenvalue weighted by Gasteiger charge is 2.61. The largest absolute Gasteiger partial charge is 0.378 e. The molecule has 24 heavy (non-hydrogen) atoms. The molecule has 3 fully saturated rings. The van der Waals surface area contributed by atoms with Crippen LogP contribution in [0.5, 0.6) is 0 Å². The number of aliphatic imine (C=N–C) groups is 1. The van der Waals surface area contributed by atoms with E-state index in [0.29, 0.717) is 24.1 Å². The van der Waals surface area contributed by atoms with E-state index in [1.165, 1.54) is 0 Å². The van der Waals surface area contributed by atoms with Gasteiger partial charge in [0, 0.05) is 49.1 Å². The van der Waals surface area contributed by atoms with Crippen molar-refractivity contribution in [1.29, 1.82) is 0 Å². The molecule has 138 valence electrons. The molecule has 5 nitrogen and oxygen atoms in total. The Labute approximate surface area is 147 Å². The minimum atomic E-state index is -0.0673. The van der Waals surface area contributed by atoms with Gasteiger partial charge in [-0.15, -0.1) is 0 Å². The summed E-state index contributed by atoms with van der Waals surface area (Å²) in [7, 11) is 1.81. The van der Waals surface area contributed by atoms with Gasteiger partial charge >= 0.3 is 0 Å². The molecular weight excluding hydrogens is 302 g/mol. The summed E-state index contributed by atoms with van der Waals surface area (Å²) in [4.78, 5) is 4.70. The summed E-state index contributed by atoms with van der Waals surface area (Å²) >= 11 is 0. The van der Waals surface area contributed by atoms with Crippen molar-refractivity contribution in [3.63, 3.8) is 0 Å². The van der Waals surface area contributed by atoms with Gasteiger partial charge in [-0.25, -0.2) is 0 Å². The van der Waals surface area contributed by atoms with E-state index in [4.69, 9.17) is 14.5 Å². The quantitative estimate of drug-likeness (QED) is 0.611. The summed E-state index contributed by atoms with van der Waals surface area (Å²) in [5.41, 5.74) is 0.168. The van der Waals surface area contributed by atoms with Crippen molar-refractivity contribution in [2.75, 3.05) is 20.3 Å². The summed E-state index contributed by atoms with van der Waals surface area (Å²) in [5.74, 6) is 1.56. The molecule has 2 saturated carbocycles. The van der Waals surface area contributed by atoms with Crippen molar-refractivity contribution >= 4 is 5.96 Å². The predicted molar refractivity (Wildman–Crippen MR) is 97.3 cm³/mol. The second-order valence-electron chi connectivity index (χ2n) is 9.07. The van der Waals surface area contributed by atoms with Crippen molar-refractivity contribution in [2.24, 2.45) is 21.7 Å². The maximum atomic E-state index is 5.91. The first-order valence-corrected chi connectivity index (χ1v) is 9.41. The molecule has 0 radical (unpaired) electrons. The third kappa shape index (κ3) is 2.47. The van der Waals surface area contributed by atoms with Crippen molar-refractivity contribution in [3.05, 3.63) is 0 Å². The number of nitrogens with zero attached hydrogens (tertiary/aromatic N) is 1. The van der Waals surface area contributed by atoms with Gasteiger partial charge in [0.15, 0.2) is 5.96 Å². The molecule has 1 heterocycles. The van der Waals surface area contributed by atoms with E-state index < -0.39 is 0 Å². The number of nitrogens with one attached hydrogen (secondary N) is 2. The molecule has 0 amide bonds. The van der Waals surface area contributed by atoms with Crippen LogP contribution in [0, 0.1) is 16.7 Å². The van der Waals surface area contributed by atoms with Crippen molar-refractivity contribution < 1.29 is 9.47 Å². The van der Waals surface area contributed by atoms with Crippen LogP contribution < -0.4 is 10.6 Å². The van der Waals surface area contributed by atoms with Gasteiger partial charge in [-0.2, -0.15) is 0 Å². The Balaban J connectivity index is 1.66. The highest BCUT2D eigenvalue weighted by Crippen LogP contribution is 2.53. The minimum Gasteiger partial charge on any atom is -0.378 e. The topological polar surface area (TPSA) is 54.9 Å². The lowest BCUT2D eigenvalue weighted by Crippen LogP contribution is -2.72. The van der Waals surface area contributed by atoms with E-state index in [2.05, 4.69) is 52.2 Å². The smallest absolute Gasteiger partial charge is 0.191 e. The molecule has 5 atom stereocenters. The van der Waals surface area contributed by atoms with Crippen LogP contribution in [0.15, 0.2) is 4.99 Å². The zero-order valence-corrected chi connectivity index (χ0v) is 16.4. The number of hydrogen-bond acceptors (Lipinski definition) is 3. The van der Waals surface area contributed by atoms with Crippen molar-refractivity contribution in [3.8, 4) is 0 Å². The Kier molecular flexibility index (Phi) is 4.40. The lowest BCUT2D eigenvalue weighted by Gasteiger charge is -2.60. The van der Waals surface area contributed by atoms with Gasteiger partial charge in [0.25, 0.3) is 0 Å². The average Bonchev–Trinajstić information content (AvgIpc) is 2.98. The zero-order valence-electron chi connectivity index (χ0n) is 16.4. The molecule has 0 aromatic heterocycles. The van der Waals surface area contributed by atoms with E-state index in [-0.39, 0.29) is 16.4 Å². The summed E-state index contributed by atoms with van der Waals surface area (Å²) in [6.45, 7) is 15.1. The maximum absolute atomic E-state index is 5.91. The van der Waals surface area contributed by atoms with E-state index in [9.17, 15) is 0 Å². The molecule has 5 unspecified atom stereocenters. The fourth-order valence-electron chi connectivity index (χ4n) is 4.94. The Morgan fingerprint density at radius 1 is 1.21 bits per heavy atom. The maximum Gasteiger partial charge on any atom is 0.191 e. The third-order valence-electron chi connectivity index (χ3n) is 7.30. The van der Waals surface area contributed by atoms with Crippen LogP contribution in [-0.2, 0) is 9.47 Å². The fraction of sp³-hybridized carbons (Fsp3) is 0.947. The van der Waals surface area contributed by atoms with Gasteiger partial charge in [-0.05, 0) is 26.7 Å². The molecule has 5 heteroatoms. The molecular formula is C19H35N3O2. The van der Waals surface area contributed by atoms with Crippen molar-refractivity contribution in [2.45, 2.75) is 78.2 Å². The first-order valence-electron chi connectivity index (χ1n) is 9.41. The lowest BCUT2D eigenvalue weighted by molar-refractivity contribution is -0.176. The van der Waals surface area contributed by atoms with Crippen LogP contribution in [-0.4, -0.2) is 50.0 Å². The number of methoxy groups -OCH3 is 1. The lowest BCUT2D eigenvalue weighted by atomic mass is 9.55. The highest BCUT2D eigenvalue weighted by molar-refractivity contribution is 5.81. The Bertz CT molecular complexity index is 517. The van der Waals surface area contributed by atoms with Gasteiger partial charge in [0.05, 0.1) is 11.7 Å². The van der Waals surface area contributed by atoms with Crippen LogP contribution >= 0.6 is 0 Å². The molecule has 3 rings (SSSR count). The second-order valence-corrected chi connectivity index (χ2v) is 9.07. The normalized spacial score (nSPS) is 42.7. The number of rotatable bonds is 4. The Morgan fingerprint density at radius 2 is 1.92 bits per heavy atom. The molecule has 2 N–H and O–H groups in total. The number of ether oxygens (including phenoxy) is 2. The predicted octanol–water partition coefficient (Wildman–Crippen LogP) is 2.56. The average molecular weight is 338 g/mol. The standard InChI is InChI=1S/C19H35N3O2/c1-8-20-16(21-13-11-19(6,23-7)18(13,4)5)22-14-12-9-10-24-15(12)17(14,2)3/h12-15H,8-11H2,1-7H3,(H2,20,21,22). The summed E-state index contributed by atoms with van der Waals surface area (Å²) in [5, 5.41) is 7.39. The molecule has 1 saturated heterocycles. The van der Waals surface area contributed by atoms with Crippen LogP contribution in [0.25, 0.3) is 0 Å². The van der Waals surface area contributed by atoms with Gasteiger partial charge < -0.3 is 20.1 Å². The van der Waals surface area contributed by atoms with Gasteiger partial charge in [-0.3, -0.25) is 4.99 Å². The first-order chi connectivity index (χ1) is 11.2. The Morgan fingerprint density at radius 3 is 2.50 bits per heavy atom. The van der Waals surface area contributed by atoms with Crippen LogP contribution in [0.2, 0.25) is 0 Å². The monoisotopic (exact) mass is 337 g/mol. The van der Waals surface area contributed by atoms with Gasteiger partial charge in [0.1, 0.15) is 0 Å². The van der Waals surface area contributed by atoms with Crippen LogP contribution in [0.1, 0.15) is 54.4 Å². The van der Waals surface area contributed by atoms with Gasteiger partial charge in [0.2, 0.25) is 0 Å². The molecule has 1 aliphatic heterocycles. The van der Waals surface area contributed by atoms with Gasteiger partial charge in [-0.1, -0.05) is 27.7 Å². The molecule has 3 aliphatic rings. The van der Waals surface area contributed by atoms with E-state index >= 15 is 0 Å². The molecule has 2 aliphatic carbocycles. The summed E-state index contributed by atoms with van der Waals surface area (Å²) < 4.78 is 11.7. The highest BCUT2D eigenvalue weighted by atomic mass is 16.5. The van der Waals surface area contributed by atoms with Crippen molar-refractivity contribution in [1.82, 2.24) is 10.6 Å². The summed E-state index contributed by atoms with van der Waals surface area (Å²) in [6, 6.07) is 0.805. The first kappa shape index (κ1) is 18.0. The van der Waals surface area contributed by atoms with Crippen LogP contribution in [0.3, 0.4) is 0 Å². The fourth-order valence-corrected chi connectivity index (χ4v) is 4.94. The molecule has 0 bridgehead atoms. The minimum absolute atomic E-state index is 0.0673. The molecule has 0 spiro atoms. The molecule has 0 aromatic rings. The third-order valence-corrected chi connectivity index (χ3v) is 7.30. The van der Waals surface area contributed by atoms with E-state index in [1.54, 1.807) is 0 Å².